The molecule has 0 spiro atoms. The Bertz CT molecular complexity index is 72.0. The van der Waals surface area contributed by atoms with E-state index in [2.05, 4.69) is 19.2 Å². The van der Waals surface area contributed by atoms with Crippen LogP contribution in [0, 0.1) is 0 Å². The van der Waals surface area contributed by atoms with E-state index in [0.717, 1.165) is 4.91 Å². The molecule has 0 nitrogen and oxygen atoms in total. The molecule has 0 aromatic heterocycles. The van der Waals surface area contributed by atoms with Crippen molar-refractivity contribution in [1.29, 1.82) is 0 Å². The third-order valence-electron chi connectivity index (χ3n) is 0.359. The average molecular weight is 100 g/mol. The summed E-state index contributed by atoms with van der Waals surface area (Å²) in [6.07, 6.45) is 3.73. The van der Waals surface area contributed by atoms with Crippen LogP contribution in [0.2, 0.25) is 0 Å². The van der Waals surface area contributed by atoms with Crippen LogP contribution in [0.4, 0.5) is 0 Å². The lowest BCUT2D eigenvalue weighted by atomic mass is 10.5. The van der Waals surface area contributed by atoms with E-state index < -0.39 is 0 Å². The Morgan fingerprint density at radius 3 is 2.33 bits per heavy atom. The molecule has 0 aliphatic carbocycles. The van der Waals surface area contributed by atoms with Gasteiger partial charge in [-0.15, -0.1) is 12.6 Å². The first kappa shape index (κ1) is 5.83. The molecule has 34 valence electrons. The van der Waals surface area contributed by atoms with Crippen molar-refractivity contribution >= 4 is 12.6 Å². The van der Waals surface area contributed by atoms with Gasteiger partial charge in [-0.1, -0.05) is 18.7 Å². The standard InChI is InChI=1S/C5H8S/c1-3-4-5(2)6/h3-4,6H,2H2,1H3/b4-3-. The number of hydrogen-bond donors (Lipinski definition) is 1. The Morgan fingerprint density at radius 2 is 2.33 bits per heavy atom. The van der Waals surface area contributed by atoms with Gasteiger partial charge < -0.3 is 0 Å². The second kappa shape index (κ2) is 3.04. The Hall–Kier alpha value is -0.170. The van der Waals surface area contributed by atoms with Crippen molar-refractivity contribution in [3.05, 3.63) is 23.6 Å². The van der Waals surface area contributed by atoms with Crippen LogP contribution >= 0.6 is 12.6 Å². The van der Waals surface area contributed by atoms with Crippen molar-refractivity contribution in [2.45, 2.75) is 6.92 Å². The Balaban J connectivity index is 3.30. The van der Waals surface area contributed by atoms with Crippen molar-refractivity contribution in [2.75, 3.05) is 0 Å². The van der Waals surface area contributed by atoms with E-state index in [4.69, 9.17) is 0 Å². The third kappa shape index (κ3) is 3.83. The Kier molecular flexibility index (Phi) is 2.95. The monoisotopic (exact) mass is 100 g/mol. The van der Waals surface area contributed by atoms with E-state index in [1.807, 2.05) is 19.1 Å². The van der Waals surface area contributed by atoms with E-state index in [0.29, 0.717) is 0 Å². The summed E-state index contributed by atoms with van der Waals surface area (Å²) in [6, 6.07) is 0. The summed E-state index contributed by atoms with van der Waals surface area (Å²) in [7, 11) is 0. The summed E-state index contributed by atoms with van der Waals surface area (Å²) in [5, 5.41) is 0. The fourth-order valence-corrected chi connectivity index (χ4v) is 0.341. The third-order valence-corrected chi connectivity index (χ3v) is 0.508. The van der Waals surface area contributed by atoms with Gasteiger partial charge >= 0.3 is 0 Å². The molecule has 0 bridgehead atoms. The second-order valence-electron chi connectivity index (χ2n) is 0.991. The molecule has 0 atom stereocenters. The average Bonchev–Trinajstić information content (AvgIpc) is 1.35. The molecule has 0 N–H and O–H groups in total. The molecule has 0 aromatic carbocycles. The van der Waals surface area contributed by atoms with Gasteiger partial charge in [-0.3, -0.25) is 0 Å². The molecule has 0 amide bonds. The minimum Gasteiger partial charge on any atom is -0.144 e. The molecular weight excluding hydrogens is 92.1 g/mol. The topological polar surface area (TPSA) is 0 Å². The lowest BCUT2D eigenvalue weighted by molar-refractivity contribution is 1.73. The van der Waals surface area contributed by atoms with E-state index in [9.17, 15) is 0 Å². The highest BCUT2D eigenvalue weighted by Gasteiger charge is 1.64. The molecule has 0 radical (unpaired) electrons. The number of allylic oxidation sites excluding steroid dienone is 2. The summed E-state index contributed by atoms with van der Waals surface area (Å²) in [5.74, 6) is 0. The molecule has 0 aliphatic rings. The highest BCUT2D eigenvalue weighted by Crippen LogP contribution is 1.94. The van der Waals surface area contributed by atoms with E-state index >= 15 is 0 Å². The predicted molar refractivity (Wildman–Crippen MR) is 32.9 cm³/mol. The molecule has 0 aromatic rings. The van der Waals surface area contributed by atoms with Gasteiger partial charge in [-0.25, -0.2) is 0 Å². The van der Waals surface area contributed by atoms with E-state index in [-0.39, 0.29) is 0 Å². The minimum atomic E-state index is 0.803. The van der Waals surface area contributed by atoms with E-state index in [1.165, 1.54) is 0 Å². The van der Waals surface area contributed by atoms with Crippen LogP contribution in [-0.2, 0) is 0 Å². The zero-order valence-corrected chi connectivity index (χ0v) is 4.70. The largest absolute Gasteiger partial charge is 0.144 e. The van der Waals surface area contributed by atoms with Crippen LogP contribution < -0.4 is 0 Å². The molecule has 0 unspecified atom stereocenters. The molecule has 0 fully saturated rings. The van der Waals surface area contributed by atoms with Crippen molar-refractivity contribution in [1.82, 2.24) is 0 Å². The normalized spacial score (nSPS) is 9.67. The van der Waals surface area contributed by atoms with Gasteiger partial charge in [0.2, 0.25) is 0 Å². The smallest absolute Gasteiger partial charge is 0.00353 e. The molecule has 1 heteroatoms. The molecule has 0 saturated heterocycles. The van der Waals surface area contributed by atoms with Crippen molar-refractivity contribution in [3.8, 4) is 0 Å². The molecule has 0 aliphatic heterocycles. The van der Waals surface area contributed by atoms with E-state index in [1.54, 1.807) is 0 Å². The van der Waals surface area contributed by atoms with Crippen molar-refractivity contribution in [2.24, 2.45) is 0 Å². The summed E-state index contributed by atoms with van der Waals surface area (Å²) >= 11 is 3.90. The van der Waals surface area contributed by atoms with Gasteiger partial charge in [-0.2, -0.15) is 0 Å². The fourth-order valence-electron chi connectivity index (χ4n) is 0.192. The molecule has 6 heavy (non-hydrogen) atoms. The summed E-state index contributed by atoms with van der Waals surface area (Å²) in [5.41, 5.74) is 0. The van der Waals surface area contributed by atoms with Gasteiger partial charge in [0.25, 0.3) is 0 Å². The number of hydrogen-bond acceptors (Lipinski definition) is 1. The quantitative estimate of drug-likeness (QED) is 0.378. The lowest BCUT2D eigenvalue weighted by Crippen LogP contribution is -1.48. The van der Waals surface area contributed by atoms with Crippen LogP contribution in [0.25, 0.3) is 0 Å². The summed E-state index contributed by atoms with van der Waals surface area (Å²) in [6.45, 7) is 5.45. The maximum Gasteiger partial charge on any atom is -0.00353 e. The van der Waals surface area contributed by atoms with Gasteiger partial charge in [0.15, 0.2) is 0 Å². The van der Waals surface area contributed by atoms with Gasteiger partial charge in [0.1, 0.15) is 0 Å². The zero-order valence-electron chi connectivity index (χ0n) is 3.81. The predicted octanol–water partition coefficient (Wildman–Crippen LogP) is 2.01. The molecule has 0 saturated carbocycles. The molecule has 0 heterocycles. The van der Waals surface area contributed by atoms with Crippen LogP contribution in [0.5, 0.6) is 0 Å². The summed E-state index contributed by atoms with van der Waals surface area (Å²) in [4.78, 5) is 0.803. The van der Waals surface area contributed by atoms with Gasteiger partial charge in [0.05, 0.1) is 0 Å². The Morgan fingerprint density at radius 1 is 1.83 bits per heavy atom. The first-order valence-corrected chi connectivity index (χ1v) is 2.22. The summed E-state index contributed by atoms with van der Waals surface area (Å²) < 4.78 is 0. The Labute approximate surface area is 44.0 Å². The van der Waals surface area contributed by atoms with Crippen LogP contribution in [0.1, 0.15) is 6.92 Å². The highest BCUT2D eigenvalue weighted by atomic mass is 32.1. The fraction of sp³-hybridized carbons (Fsp3) is 0.200. The molecule has 0 rings (SSSR count). The van der Waals surface area contributed by atoms with Crippen LogP contribution in [0.15, 0.2) is 23.6 Å². The second-order valence-corrected chi connectivity index (χ2v) is 1.57. The maximum absolute atomic E-state index is 3.90. The SMILES string of the molecule is C=C(S)/C=C\C. The molecular formula is C5H8S. The highest BCUT2D eigenvalue weighted by molar-refractivity contribution is 7.84. The first-order chi connectivity index (χ1) is 2.77. The van der Waals surface area contributed by atoms with Gasteiger partial charge in [0, 0.05) is 0 Å². The van der Waals surface area contributed by atoms with Crippen molar-refractivity contribution < 1.29 is 0 Å². The van der Waals surface area contributed by atoms with Gasteiger partial charge in [-0.05, 0) is 11.8 Å². The maximum atomic E-state index is 3.90. The minimum absolute atomic E-state index is 0.803. The lowest BCUT2D eigenvalue weighted by Gasteiger charge is -1.74. The zero-order chi connectivity index (χ0) is 4.99. The van der Waals surface area contributed by atoms with Crippen LogP contribution in [-0.4, -0.2) is 0 Å². The van der Waals surface area contributed by atoms with Crippen molar-refractivity contribution in [3.63, 3.8) is 0 Å². The number of thiol groups is 1. The van der Waals surface area contributed by atoms with Crippen LogP contribution in [0.3, 0.4) is 0 Å². The first-order valence-electron chi connectivity index (χ1n) is 1.78. The number of rotatable bonds is 1.